The Morgan fingerprint density at radius 3 is 2.75 bits per heavy atom. The van der Waals surface area contributed by atoms with Crippen LogP contribution in [0.3, 0.4) is 0 Å². The molecule has 0 saturated heterocycles. The van der Waals surface area contributed by atoms with E-state index in [-0.39, 0.29) is 11.3 Å². The van der Waals surface area contributed by atoms with Gasteiger partial charge >= 0.3 is 12.1 Å². The van der Waals surface area contributed by atoms with Gasteiger partial charge in [-0.1, -0.05) is 19.1 Å². The highest BCUT2D eigenvalue weighted by Crippen LogP contribution is 2.54. The maximum atomic E-state index is 11.6. The fourth-order valence-electron chi connectivity index (χ4n) is 2.83. The molecule has 88 valence electrons. The van der Waals surface area contributed by atoms with E-state index in [1.807, 2.05) is 19.1 Å². The molecule has 0 aromatic carbocycles. The molecule has 4 atom stereocenters. The van der Waals surface area contributed by atoms with Gasteiger partial charge in [0.25, 0.3) is 0 Å². The second-order valence-electron chi connectivity index (χ2n) is 4.59. The summed E-state index contributed by atoms with van der Waals surface area (Å²) >= 11 is 0. The Kier molecular flexibility index (Phi) is 2.40. The van der Waals surface area contributed by atoms with Crippen molar-refractivity contribution in [1.29, 1.82) is 0 Å². The molecular weight excluding hydrogens is 212 g/mol. The molecular formula is C11H14O5. The van der Waals surface area contributed by atoms with Crippen LogP contribution in [0.5, 0.6) is 0 Å². The molecule has 0 aromatic rings. The van der Waals surface area contributed by atoms with Gasteiger partial charge in [0.15, 0.2) is 0 Å². The molecule has 1 fully saturated rings. The number of fused-ring (bicyclic) bond motifs is 2. The van der Waals surface area contributed by atoms with Crippen molar-refractivity contribution in [1.82, 2.24) is 0 Å². The largest absolute Gasteiger partial charge is 0.506 e. The van der Waals surface area contributed by atoms with Crippen molar-refractivity contribution in [3.05, 3.63) is 12.2 Å². The first-order chi connectivity index (χ1) is 7.48. The van der Waals surface area contributed by atoms with Crippen molar-refractivity contribution >= 4 is 12.1 Å². The lowest BCUT2D eigenvalue weighted by molar-refractivity contribution is -0.151. The van der Waals surface area contributed by atoms with Gasteiger partial charge in [0.1, 0.15) is 12.0 Å². The van der Waals surface area contributed by atoms with E-state index >= 15 is 0 Å². The van der Waals surface area contributed by atoms with Crippen molar-refractivity contribution in [3.63, 3.8) is 0 Å². The van der Waals surface area contributed by atoms with E-state index < -0.39 is 24.1 Å². The second kappa shape index (κ2) is 3.50. The highest BCUT2D eigenvalue weighted by molar-refractivity contribution is 5.75. The molecule has 1 saturated carbocycles. The van der Waals surface area contributed by atoms with E-state index in [0.717, 1.165) is 6.42 Å². The van der Waals surface area contributed by atoms with Crippen LogP contribution in [0.4, 0.5) is 4.79 Å². The summed E-state index contributed by atoms with van der Waals surface area (Å²) in [7, 11) is 1.30. The van der Waals surface area contributed by atoms with E-state index in [0.29, 0.717) is 0 Å². The van der Waals surface area contributed by atoms with Gasteiger partial charge < -0.3 is 14.6 Å². The van der Waals surface area contributed by atoms with E-state index in [9.17, 15) is 9.59 Å². The molecule has 0 heterocycles. The topological polar surface area (TPSA) is 72.8 Å². The number of hydrogen-bond acceptors (Lipinski definition) is 4. The first-order valence-electron chi connectivity index (χ1n) is 5.15. The first-order valence-corrected chi connectivity index (χ1v) is 5.15. The zero-order valence-corrected chi connectivity index (χ0v) is 9.17. The third kappa shape index (κ3) is 1.47. The molecule has 2 aliphatic rings. The van der Waals surface area contributed by atoms with Crippen molar-refractivity contribution < 1.29 is 24.2 Å². The van der Waals surface area contributed by atoms with Gasteiger partial charge in [0, 0.05) is 5.41 Å². The van der Waals surface area contributed by atoms with Gasteiger partial charge in [-0.05, 0) is 12.3 Å². The maximum absolute atomic E-state index is 11.6. The zero-order chi connectivity index (χ0) is 11.9. The van der Waals surface area contributed by atoms with Gasteiger partial charge in [-0.3, -0.25) is 4.79 Å². The van der Waals surface area contributed by atoms with E-state index in [4.69, 9.17) is 14.6 Å². The van der Waals surface area contributed by atoms with Gasteiger partial charge in [0.05, 0.1) is 7.11 Å². The molecule has 0 spiro atoms. The monoisotopic (exact) mass is 226 g/mol. The second-order valence-corrected chi connectivity index (χ2v) is 4.59. The summed E-state index contributed by atoms with van der Waals surface area (Å²) in [6, 6.07) is 0. The lowest BCUT2D eigenvalue weighted by atomic mass is 9.83. The number of esters is 1. The van der Waals surface area contributed by atoms with Crippen LogP contribution in [0, 0.1) is 17.3 Å². The quantitative estimate of drug-likeness (QED) is 0.569. The molecule has 0 aliphatic heterocycles. The normalized spacial score (nSPS) is 39.8. The molecule has 1 N–H and O–H groups in total. The van der Waals surface area contributed by atoms with E-state index in [1.54, 1.807) is 0 Å². The van der Waals surface area contributed by atoms with Crippen LogP contribution < -0.4 is 0 Å². The number of hydrogen-bond donors (Lipinski definition) is 1. The van der Waals surface area contributed by atoms with Crippen molar-refractivity contribution in [2.24, 2.45) is 17.3 Å². The fourth-order valence-corrected chi connectivity index (χ4v) is 2.83. The average molecular weight is 226 g/mol. The summed E-state index contributed by atoms with van der Waals surface area (Å²) in [5, 5.41) is 8.69. The molecule has 16 heavy (non-hydrogen) atoms. The highest BCUT2D eigenvalue weighted by Gasteiger charge is 2.57. The molecule has 0 aromatic heterocycles. The summed E-state index contributed by atoms with van der Waals surface area (Å²) in [6.07, 6.45) is 2.65. The smallest absolute Gasteiger partial charge is 0.469 e. The summed E-state index contributed by atoms with van der Waals surface area (Å²) in [6.45, 7) is 1.90. The number of rotatable bonds is 2. The van der Waals surface area contributed by atoms with Crippen molar-refractivity contribution in [2.75, 3.05) is 7.11 Å². The predicted octanol–water partition coefficient (Wildman–Crippen LogP) is 1.43. The zero-order valence-electron chi connectivity index (χ0n) is 9.17. The lowest BCUT2D eigenvalue weighted by Crippen LogP contribution is -2.40. The first kappa shape index (κ1) is 11.0. The predicted molar refractivity (Wildman–Crippen MR) is 53.8 cm³/mol. The van der Waals surface area contributed by atoms with Crippen LogP contribution in [0.25, 0.3) is 0 Å². The average Bonchev–Trinajstić information content (AvgIpc) is 2.70. The Balaban J connectivity index is 2.27. The minimum atomic E-state index is -1.35. The van der Waals surface area contributed by atoms with Crippen LogP contribution >= 0.6 is 0 Å². The maximum Gasteiger partial charge on any atom is 0.506 e. The molecule has 5 nitrogen and oxygen atoms in total. The van der Waals surface area contributed by atoms with Gasteiger partial charge in [-0.2, -0.15) is 0 Å². The van der Waals surface area contributed by atoms with Crippen LogP contribution in [-0.4, -0.2) is 30.4 Å². The number of carbonyl (C=O) groups excluding carboxylic acids is 1. The molecule has 4 unspecified atom stereocenters. The summed E-state index contributed by atoms with van der Waals surface area (Å²) in [4.78, 5) is 22.2. The Morgan fingerprint density at radius 1 is 1.50 bits per heavy atom. The Bertz CT molecular complexity index is 361. The highest BCUT2D eigenvalue weighted by atomic mass is 16.7. The Hall–Kier alpha value is -1.52. The SMILES string of the molecule is COC(=O)C1C2C=CC(C)(C2)C1OC(=O)O. The fraction of sp³-hybridized carbons (Fsp3) is 0.636. The number of methoxy groups -OCH3 is 1. The van der Waals surface area contributed by atoms with Gasteiger partial charge in [0.2, 0.25) is 0 Å². The molecule has 2 aliphatic carbocycles. The van der Waals surface area contributed by atoms with Crippen molar-refractivity contribution in [2.45, 2.75) is 19.4 Å². The Labute approximate surface area is 93.0 Å². The van der Waals surface area contributed by atoms with Crippen LogP contribution in [-0.2, 0) is 14.3 Å². The summed E-state index contributed by atoms with van der Waals surface area (Å²) in [5.41, 5.74) is -0.373. The lowest BCUT2D eigenvalue weighted by Gasteiger charge is -2.30. The molecule has 0 radical (unpaired) electrons. The molecule has 2 rings (SSSR count). The standard InChI is InChI=1S/C11H14O5/c1-11-4-3-6(5-11)7(9(12)15-2)8(11)16-10(13)14/h3-4,6-8H,5H2,1-2H3,(H,13,14). The van der Waals surface area contributed by atoms with Crippen LogP contribution in [0.1, 0.15) is 13.3 Å². The summed E-state index contributed by atoms with van der Waals surface area (Å²) in [5.74, 6) is -0.873. The van der Waals surface area contributed by atoms with E-state index in [2.05, 4.69) is 0 Å². The third-order valence-corrected chi connectivity index (χ3v) is 3.54. The molecule has 0 amide bonds. The van der Waals surface area contributed by atoms with Gasteiger partial charge in [-0.15, -0.1) is 0 Å². The van der Waals surface area contributed by atoms with Gasteiger partial charge in [-0.25, -0.2) is 4.79 Å². The Morgan fingerprint density at radius 2 is 2.19 bits per heavy atom. The number of allylic oxidation sites excluding steroid dienone is 1. The van der Waals surface area contributed by atoms with Crippen LogP contribution in [0.15, 0.2) is 12.2 Å². The summed E-state index contributed by atoms with van der Waals surface area (Å²) < 4.78 is 9.55. The van der Waals surface area contributed by atoms with Crippen molar-refractivity contribution in [3.8, 4) is 0 Å². The number of carbonyl (C=O) groups is 2. The van der Waals surface area contributed by atoms with E-state index in [1.165, 1.54) is 7.11 Å². The molecule has 2 bridgehead atoms. The molecule has 5 heteroatoms. The minimum absolute atomic E-state index is 0.0294. The third-order valence-electron chi connectivity index (χ3n) is 3.54. The van der Waals surface area contributed by atoms with Crippen LogP contribution in [0.2, 0.25) is 0 Å². The minimum Gasteiger partial charge on any atom is -0.469 e. The number of ether oxygens (including phenoxy) is 2. The number of carboxylic acid groups (broad SMARTS) is 1.